The van der Waals surface area contributed by atoms with E-state index in [0.717, 1.165) is 0 Å². The van der Waals surface area contributed by atoms with Crippen LogP contribution in [0, 0.1) is 23.2 Å². The second-order valence-corrected chi connectivity index (χ2v) is 1.87. The van der Waals surface area contributed by atoms with Gasteiger partial charge in [-0.05, 0) is 19.1 Å². The third kappa shape index (κ3) is 4.75. The summed E-state index contributed by atoms with van der Waals surface area (Å²) in [5, 5.41) is 8.31. The molecule has 0 radical (unpaired) electrons. The molecule has 0 unspecified atom stereocenters. The molecule has 0 amide bonds. The molecular formula is C10H9N. The first-order valence-corrected chi connectivity index (χ1v) is 3.09. The van der Waals surface area contributed by atoms with Crippen molar-refractivity contribution in [1.82, 2.24) is 0 Å². The van der Waals surface area contributed by atoms with Crippen molar-refractivity contribution in [3.8, 4) is 17.9 Å². The molecule has 0 aliphatic rings. The maximum atomic E-state index is 8.31. The third-order valence-corrected chi connectivity index (χ3v) is 0.915. The molecule has 0 aliphatic carbocycles. The average Bonchev–Trinajstić information content (AvgIpc) is 2.01. The Balaban J connectivity index is 4.14. The summed E-state index contributed by atoms with van der Waals surface area (Å²) in [6.45, 7) is 8.84. The topological polar surface area (TPSA) is 23.8 Å². The van der Waals surface area contributed by atoms with E-state index in [-0.39, 0.29) is 0 Å². The van der Waals surface area contributed by atoms with E-state index in [9.17, 15) is 0 Å². The molecule has 0 aromatic rings. The minimum atomic E-state index is 0.407. The van der Waals surface area contributed by atoms with Crippen LogP contribution in [0.3, 0.4) is 0 Å². The van der Waals surface area contributed by atoms with Gasteiger partial charge in [0.15, 0.2) is 0 Å². The summed E-state index contributed by atoms with van der Waals surface area (Å²) >= 11 is 0. The first-order valence-electron chi connectivity index (χ1n) is 3.09. The quantitative estimate of drug-likeness (QED) is 0.330. The molecule has 0 atom stereocenters. The van der Waals surface area contributed by atoms with Crippen molar-refractivity contribution in [2.45, 2.75) is 6.92 Å². The van der Waals surface area contributed by atoms with Gasteiger partial charge >= 0.3 is 0 Å². The Morgan fingerprint density at radius 2 is 1.82 bits per heavy atom. The van der Waals surface area contributed by atoms with Gasteiger partial charge in [0.2, 0.25) is 0 Å². The van der Waals surface area contributed by atoms with Gasteiger partial charge in [-0.25, -0.2) is 0 Å². The molecule has 54 valence electrons. The fourth-order valence-corrected chi connectivity index (χ4v) is 0.441. The minimum Gasteiger partial charge on any atom is -0.192 e. The third-order valence-electron chi connectivity index (χ3n) is 0.915. The Hall–Kier alpha value is -1.73. The normalized spacial score (nSPS) is 8.00. The highest BCUT2D eigenvalue weighted by Crippen LogP contribution is 1.95. The summed E-state index contributed by atoms with van der Waals surface area (Å²) in [4.78, 5) is 0. The first kappa shape index (κ1) is 9.27. The number of rotatable bonds is 2. The lowest BCUT2D eigenvalue weighted by Gasteiger charge is -1.82. The Labute approximate surface area is 67.3 Å². The van der Waals surface area contributed by atoms with Gasteiger partial charge in [0.1, 0.15) is 0 Å². The van der Waals surface area contributed by atoms with Crippen LogP contribution in [0.25, 0.3) is 0 Å². The van der Waals surface area contributed by atoms with E-state index in [1.54, 1.807) is 19.1 Å². The van der Waals surface area contributed by atoms with Gasteiger partial charge in [-0.3, -0.25) is 0 Å². The molecule has 0 aromatic carbocycles. The molecule has 0 aromatic heterocycles. The largest absolute Gasteiger partial charge is 0.192 e. The van der Waals surface area contributed by atoms with E-state index in [0.29, 0.717) is 11.1 Å². The summed E-state index contributed by atoms with van der Waals surface area (Å²) in [5.74, 6) is 5.44. The molecule has 0 bridgehead atoms. The highest BCUT2D eigenvalue weighted by atomic mass is 14.2. The Morgan fingerprint density at radius 3 is 2.27 bits per heavy atom. The van der Waals surface area contributed by atoms with Crippen molar-refractivity contribution in [3.63, 3.8) is 0 Å². The van der Waals surface area contributed by atoms with Gasteiger partial charge in [-0.15, -0.1) is 5.92 Å². The van der Waals surface area contributed by atoms with Gasteiger partial charge in [0.25, 0.3) is 0 Å². The van der Waals surface area contributed by atoms with E-state index in [1.807, 2.05) is 6.07 Å². The molecule has 1 heteroatoms. The van der Waals surface area contributed by atoms with E-state index in [2.05, 4.69) is 25.0 Å². The van der Waals surface area contributed by atoms with Crippen molar-refractivity contribution in [1.29, 1.82) is 5.26 Å². The lowest BCUT2D eigenvalue weighted by atomic mass is 10.2. The van der Waals surface area contributed by atoms with Crippen LogP contribution in [-0.2, 0) is 0 Å². The fraction of sp³-hybridized carbons (Fsp3) is 0.100. The van der Waals surface area contributed by atoms with Crippen molar-refractivity contribution in [2.75, 3.05) is 0 Å². The Morgan fingerprint density at radius 1 is 1.27 bits per heavy atom. The zero-order valence-electron chi connectivity index (χ0n) is 6.52. The van der Waals surface area contributed by atoms with Gasteiger partial charge in [0.05, 0.1) is 6.07 Å². The van der Waals surface area contributed by atoms with E-state index >= 15 is 0 Å². The smallest absolute Gasteiger partial charge is 0.0985 e. The summed E-state index contributed by atoms with van der Waals surface area (Å²) in [6, 6.07) is 1.89. The number of nitriles is 1. The molecule has 0 fully saturated rings. The molecule has 0 saturated heterocycles. The molecule has 1 nitrogen and oxygen atoms in total. The molecule has 0 spiro atoms. The van der Waals surface area contributed by atoms with Gasteiger partial charge in [0, 0.05) is 11.1 Å². The molecular weight excluding hydrogens is 134 g/mol. The van der Waals surface area contributed by atoms with E-state index in [1.165, 1.54) is 0 Å². The van der Waals surface area contributed by atoms with Crippen molar-refractivity contribution < 1.29 is 0 Å². The molecule has 11 heavy (non-hydrogen) atoms. The number of hydrogen-bond acceptors (Lipinski definition) is 1. The molecule has 0 rings (SSSR count). The maximum Gasteiger partial charge on any atom is 0.0985 e. The van der Waals surface area contributed by atoms with Crippen LogP contribution >= 0.6 is 0 Å². The first-order chi connectivity index (χ1) is 5.20. The van der Waals surface area contributed by atoms with Crippen molar-refractivity contribution in [3.05, 3.63) is 36.5 Å². The number of hydrogen-bond donors (Lipinski definition) is 0. The van der Waals surface area contributed by atoms with Crippen molar-refractivity contribution in [2.24, 2.45) is 0 Å². The average molecular weight is 143 g/mol. The fourth-order valence-electron chi connectivity index (χ4n) is 0.441. The highest BCUT2D eigenvalue weighted by Gasteiger charge is 1.81. The van der Waals surface area contributed by atoms with E-state index in [4.69, 9.17) is 5.26 Å². The lowest BCUT2D eigenvalue weighted by molar-refractivity contribution is 1.50. The molecule has 0 heterocycles. The molecule has 0 saturated carbocycles. The lowest BCUT2D eigenvalue weighted by Crippen LogP contribution is -1.69. The summed E-state index contributed by atoms with van der Waals surface area (Å²) < 4.78 is 0. The summed E-state index contributed by atoms with van der Waals surface area (Å²) in [7, 11) is 0. The van der Waals surface area contributed by atoms with Gasteiger partial charge < -0.3 is 0 Å². The predicted molar refractivity (Wildman–Crippen MR) is 46.5 cm³/mol. The number of nitrogens with zero attached hydrogens (tertiary/aromatic N) is 1. The second kappa shape index (κ2) is 5.09. The van der Waals surface area contributed by atoms with Crippen LogP contribution in [-0.4, -0.2) is 0 Å². The zero-order chi connectivity index (χ0) is 8.69. The SMILES string of the molecule is C=C(C#N)/C=C\C(=C)C#CC. The van der Waals surface area contributed by atoms with Gasteiger partial charge in [-0.2, -0.15) is 5.26 Å². The zero-order valence-corrected chi connectivity index (χ0v) is 6.52. The second-order valence-electron chi connectivity index (χ2n) is 1.87. The highest BCUT2D eigenvalue weighted by molar-refractivity contribution is 5.40. The Kier molecular flexibility index (Phi) is 4.29. The number of allylic oxidation sites excluding steroid dienone is 4. The van der Waals surface area contributed by atoms with Crippen LogP contribution in [0.5, 0.6) is 0 Å². The van der Waals surface area contributed by atoms with Crippen molar-refractivity contribution >= 4 is 0 Å². The molecule has 0 aliphatic heterocycles. The standard InChI is InChI=1S/C10H9N/c1-4-5-9(2)6-7-10(3)8-11/h6-7H,2-3H2,1H3/b7-6-. The van der Waals surface area contributed by atoms with Crippen LogP contribution in [0.15, 0.2) is 36.5 Å². The Bertz CT molecular complexity index is 289. The van der Waals surface area contributed by atoms with Crippen LogP contribution in [0.4, 0.5) is 0 Å². The molecule has 0 N–H and O–H groups in total. The summed E-state index contributed by atoms with van der Waals surface area (Å²) in [5.41, 5.74) is 1.09. The summed E-state index contributed by atoms with van der Waals surface area (Å²) in [6.07, 6.45) is 3.26. The monoisotopic (exact) mass is 143 g/mol. The van der Waals surface area contributed by atoms with Gasteiger partial charge in [-0.1, -0.05) is 19.1 Å². The van der Waals surface area contributed by atoms with Crippen LogP contribution in [0.2, 0.25) is 0 Å². The minimum absolute atomic E-state index is 0.407. The van der Waals surface area contributed by atoms with Crippen LogP contribution < -0.4 is 0 Å². The predicted octanol–water partition coefficient (Wildman–Crippen LogP) is 2.20. The van der Waals surface area contributed by atoms with E-state index < -0.39 is 0 Å². The van der Waals surface area contributed by atoms with Crippen LogP contribution in [0.1, 0.15) is 6.92 Å². The maximum absolute atomic E-state index is 8.31.